The van der Waals surface area contributed by atoms with Crippen molar-refractivity contribution in [3.8, 4) is 11.6 Å². The lowest BCUT2D eigenvalue weighted by Crippen LogP contribution is -2.42. The number of benzene rings is 3. The molecule has 10 heteroatoms. The molecule has 0 unspecified atom stereocenters. The number of aromatic nitrogens is 1. The SMILES string of the molecule is COc1ccc(N(CCN(CCO)C(=O)c2ccccc2O)S(=O)(=O)c2cccc3ccccc23)cn1. The molecule has 0 atom stereocenters. The predicted molar refractivity (Wildman–Crippen MR) is 140 cm³/mol. The fourth-order valence-corrected chi connectivity index (χ4v) is 5.70. The van der Waals surface area contributed by atoms with Gasteiger partial charge in [-0.1, -0.05) is 48.5 Å². The summed E-state index contributed by atoms with van der Waals surface area (Å²) in [5, 5.41) is 21.1. The van der Waals surface area contributed by atoms with E-state index < -0.39 is 15.9 Å². The standard InChI is InChI=1S/C27H27N3O6S/c1-36-26-14-13-21(19-28-26)30(37(34,35)25-12-6-8-20-7-2-3-9-22(20)25)16-15-29(17-18-31)27(33)23-10-4-5-11-24(23)32/h2-14,19,31-32H,15-18H2,1H3. The minimum atomic E-state index is -4.11. The van der Waals surface area contributed by atoms with E-state index in [9.17, 15) is 23.4 Å². The molecule has 0 fully saturated rings. The van der Waals surface area contributed by atoms with Gasteiger partial charge < -0.3 is 19.8 Å². The number of phenols is 1. The van der Waals surface area contributed by atoms with Crippen molar-refractivity contribution in [2.75, 3.05) is 37.7 Å². The first-order valence-corrected chi connectivity index (χ1v) is 13.0. The van der Waals surface area contributed by atoms with Crippen molar-refractivity contribution in [1.82, 2.24) is 9.88 Å². The summed E-state index contributed by atoms with van der Waals surface area (Å²) in [5.41, 5.74) is 0.346. The highest BCUT2D eigenvalue weighted by Crippen LogP contribution is 2.29. The van der Waals surface area contributed by atoms with E-state index in [1.54, 1.807) is 48.5 Å². The Morgan fingerprint density at radius 3 is 2.35 bits per heavy atom. The summed E-state index contributed by atoms with van der Waals surface area (Å²) in [5.74, 6) is -0.402. The molecule has 0 aliphatic carbocycles. The zero-order valence-corrected chi connectivity index (χ0v) is 21.0. The third kappa shape index (κ3) is 5.50. The van der Waals surface area contributed by atoms with Crippen LogP contribution in [0.1, 0.15) is 10.4 Å². The van der Waals surface area contributed by atoms with Crippen LogP contribution in [0, 0.1) is 0 Å². The number of aliphatic hydroxyl groups excluding tert-OH is 1. The molecule has 1 aromatic heterocycles. The van der Waals surface area contributed by atoms with Gasteiger partial charge in [0, 0.05) is 24.5 Å². The number of nitrogens with zero attached hydrogens (tertiary/aromatic N) is 3. The molecule has 0 bridgehead atoms. The molecule has 0 saturated heterocycles. The van der Waals surface area contributed by atoms with Gasteiger partial charge in [0.25, 0.3) is 15.9 Å². The lowest BCUT2D eigenvalue weighted by Gasteiger charge is -2.29. The van der Waals surface area contributed by atoms with E-state index >= 15 is 0 Å². The molecule has 0 aliphatic heterocycles. The number of pyridine rings is 1. The van der Waals surface area contributed by atoms with E-state index in [0.717, 1.165) is 5.39 Å². The molecule has 192 valence electrons. The maximum absolute atomic E-state index is 14.0. The van der Waals surface area contributed by atoms with Crippen LogP contribution in [-0.4, -0.2) is 67.8 Å². The Morgan fingerprint density at radius 2 is 1.65 bits per heavy atom. The maximum Gasteiger partial charge on any atom is 0.265 e. The summed E-state index contributed by atoms with van der Waals surface area (Å²) in [7, 11) is -2.64. The van der Waals surface area contributed by atoms with Gasteiger partial charge in [-0.05, 0) is 29.7 Å². The molecule has 0 saturated carbocycles. The molecule has 2 N–H and O–H groups in total. The second-order valence-electron chi connectivity index (χ2n) is 8.15. The third-order valence-electron chi connectivity index (χ3n) is 5.90. The van der Waals surface area contributed by atoms with E-state index in [0.29, 0.717) is 11.3 Å². The molecule has 37 heavy (non-hydrogen) atoms. The lowest BCUT2D eigenvalue weighted by atomic mass is 10.1. The number of ether oxygens (including phenoxy) is 1. The Morgan fingerprint density at radius 1 is 0.919 bits per heavy atom. The lowest BCUT2D eigenvalue weighted by molar-refractivity contribution is 0.0724. The highest BCUT2D eigenvalue weighted by molar-refractivity contribution is 7.93. The van der Waals surface area contributed by atoms with Crippen molar-refractivity contribution in [2.24, 2.45) is 0 Å². The normalized spacial score (nSPS) is 11.3. The van der Waals surface area contributed by atoms with Gasteiger partial charge in [-0.15, -0.1) is 0 Å². The van der Waals surface area contributed by atoms with Gasteiger partial charge in [0.1, 0.15) is 5.75 Å². The molecule has 4 aromatic rings. The van der Waals surface area contributed by atoms with E-state index in [1.807, 2.05) is 18.2 Å². The van der Waals surface area contributed by atoms with E-state index in [1.165, 1.54) is 34.6 Å². The Kier molecular flexibility index (Phi) is 7.90. The average Bonchev–Trinajstić information content (AvgIpc) is 2.92. The van der Waals surface area contributed by atoms with Crippen LogP contribution >= 0.6 is 0 Å². The third-order valence-corrected chi connectivity index (χ3v) is 7.79. The highest BCUT2D eigenvalue weighted by Gasteiger charge is 2.29. The quantitative estimate of drug-likeness (QED) is 0.329. The summed E-state index contributed by atoms with van der Waals surface area (Å²) in [6.45, 7) is -0.557. The van der Waals surface area contributed by atoms with Crippen LogP contribution in [0.15, 0.2) is 90.0 Å². The predicted octanol–water partition coefficient (Wildman–Crippen LogP) is 3.28. The molecular formula is C27H27N3O6S. The summed E-state index contributed by atoms with van der Waals surface area (Å²) in [6, 6.07) is 21.5. The molecule has 1 heterocycles. The zero-order valence-electron chi connectivity index (χ0n) is 20.2. The van der Waals surface area contributed by atoms with Gasteiger partial charge in [0.15, 0.2) is 0 Å². The van der Waals surface area contributed by atoms with Crippen LogP contribution in [0.4, 0.5) is 5.69 Å². The van der Waals surface area contributed by atoms with Gasteiger partial charge in [-0.3, -0.25) is 9.10 Å². The molecule has 3 aromatic carbocycles. The first kappa shape index (κ1) is 25.9. The van der Waals surface area contributed by atoms with Crippen LogP contribution in [-0.2, 0) is 10.0 Å². The van der Waals surface area contributed by atoms with Crippen LogP contribution in [0.25, 0.3) is 10.8 Å². The number of rotatable bonds is 10. The largest absolute Gasteiger partial charge is 0.507 e. The number of hydrogen-bond acceptors (Lipinski definition) is 7. The Bertz CT molecular complexity index is 1490. The maximum atomic E-state index is 14.0. The number of para-hydroxylation sites is 1. The monoisotopic (exact) mass is 521 g/mol. The van der Waals surface area contributed by atoms with Crippen molar-refractivity contribution >= 4 is 32.4 Å². The molecule has 0 radical (unpaired) electrons. The van der Waals surface area contributed by atoms with Crippen molar-refractivity contribution in [2.45, 2.75) is 4.90 Å². The Balaban J connectivity index is 1.73. The smallest absolute Gasteiger partial charge is 0.265 e. The van der Waals surface area contributed by atoms with E-state index in [2.05, 4.69) is 4.98 Å². The fraction of sp³-hybridized carbons (Fsp3) is 0.185. The summed E-state index contributed by atoms with van der Waals surface area (Å²) in [4.78, 5) is 18.7. The number of hydrogen-bond donors (Lipinski definition) is 2. The second-order valence-corrected chi connectivity index (χ2v) is 9.98. The fourth-order valence-electron chi connectivity index (χ4n) is 4.04. The minimum Gasteiger partial charge on any atom is -0.507 e. The molecule has 9 nitrogen and oxygen atoms in total. The molecule has 4 rings (SSSR count). The van der Waals surface area contributed by atoms with Crippen molar-refractivity contribution in [3.05, 3.63) is 90.6 Å². The average molecular weight is 522 g/mol. The van der Waals surface area contributed by atoms with Crippen molar-refractivity contribution in [3.63, 3.8) is 0 Å². The van der Waals surface area contributed by atoms with Crippen LogP contribution in [0.2, 0.25) is 0 Å². The number of aromatic hydroxyl groups is 1. The molecule has 1 amide bonds. The number of carbonyl (C=O) groups is 1. The molecule has 0 aliphatic rings. The number of phenolic OH excluding ortho intramolecular Hbond substituents is 1. The summed E-state index contributed by atoms with van der Waals surface area (Å²) >= 11 is 0. The van der Waals surface area contributed by atoms with Gasteiger partial charge in [0.2, 0.25) is 5.88 Å². The number of anilines is 1. The first-order chi connectivity index (χ1) is 17.9. The summed E-state index contributed by atoms with van der Waals surface area (Å²) in [6.07, 6.45) is 1.39. The number of fused-ring (bicyclic) bond motifs is 1. The zero-order chi connectivity index (χ0) is 26.4. The van der Waals surface area contributed by atoms with E-state index in [4.69, 9.17) is 4.74 Å². The number of carbonyl (C=O) groups excluding carboxylic acids is 1. The number of amides is 1. The molecule has 0 spiro atoms. The first-order valence-electron chi connectivity index (χ1n) is 11.6. The van der Waals surface area contributed by atoms with Crippen LogP contribution in [0.5, 0.6) is 11.6 Å². The summed E-state index contributed by atoms with van der Waals surface area (Å²) < 4.78 is 34.4. The minimum absolute atomic E-state index is 0.0455. The number of aliphatic hydroxyl groups is 1. The molecular weight excluding hydrogens is 494 g/mol. The van der Waals surface area contributed by atoms with Gasteiger partial charge in [-0.25, -0.2) is 13.4 Å². The highest BCUT2D eigenvalue weighted by atomic mass is 32.2. The van der Waals surface area contributed by atoms with Crippen LogP contribution in [0.3, 0.4) is 0 Å². The van der Waals surface area contributed by atoms with Gasteiger partial charge in [-0.2, -0.15) is 0 Å². The van der Waals surface area contributed by atoms with Crippen molar-refractivity contribution < 1.29 is 28.2 Å². The number of methoxy groups -OCH3 is 1. The van der Waals surface area contributed by atoms with Gasteiger partial charge >= 0.3 is 0 Å². The van der Waals surface area contributed by atoms with E-state index in [-0.39, 0.29) is 48.1 Å². The topological polar surface area (TPSA) is 120 Å². The van der Waals surface area contributed by atoms with Crippen molar-refractivity contribution in [1.29, 1.82) is 0 Å². The Labute approximate surface area is 215 Å². The number of sulfonamides is 1. The van der Waals surface area contributed by atoms with Crippen LogP contribution < -0.4 is 9.04 Å². The van der Waals surface area contributed by atoms with Gasteiger partial charge in [0.05, 0.1) is 42.6 Å². The second kappa shape index (κ2) is 11.3. The Hall–Kier alpha value is -4.15.